The Morgan fingerprint density at radius 2 is 1.77 bits per heavy atom. The Bertz CT molecular complexity index is 1440. The number of anilines is 1. The second kappa shape index (κ2) is 9.09. The molecule has 2 aromatic heterocycles. The third-order valence-electron chi connectivity index (χ3n) is 6.32. The summed E-state index contributed by atoms with van der Waals surface area (Å²) in [5.41, 5.74) is 2.73. The molecule has 0 bridgehead atoms. The van der Waals surface area contributed by atoms with Crippen molar-refractivity contribution in [2.75, 3.05) is 24.5 Å². The maximum absolute atomic E-state index is 13.3. The lowest BCUT2D eigenvalue weighted by Crippen LogP contribution is -2.53. The first kappa shape index (κ1) is 23.5. The Morgan fingerprint density at radius 3 is 2.49 bits per heavy atom. The molecule has 1 unspecified atom stereocenters. The normalized spacial score (nSPS) is 17.5. The molecular formula is C25H29FN6O2S. The van der Waals surface area contributed by atoms with E-state index in [9.17, 15) is 12.8 Å². The number of fused-ring (bicyclic) bond motifs is 1. The summed E-state index contributed by atoms with van der Waals surface area (Å²) in [5, 5.41) is 9.68. The van der Waals surface area contributed by atoms with E-state index in [1.165, 1.54) is 18.3 Å². The highest BCUT2D eigenvalue weighted by atomic mass is 32.2. The molecule has 1 fully saturated rings. The summed E-state index contributed by atoms with van der Waals surface area (Å²) in [5.74, 6) is 0.0974. The highest BCUT2D eigenvalue weighted by Gasteiger charge is 2.34. The number of hydrogen-bond acceptors (Lipinski definition) is 5. The Hall–Kier alpha value is -3.24. The van der Waals surface area contributed by atoms with E-state index >= 15 is 0 Å². The SMILES string of the molecule is CC(C)Cn1cc(S(=O)(=O)N2CCN(c3ccc4c(cnn4-c4ccc(F)cc4)c3)CC2C)cn1. The second-order valence-corrected chi connectivity index (χ2v) is 11.4. The van der Waals surface area contributed by atoms with Gasteiger partial charge in [-0.05, 0) is 55.3 Å². The van der Waals surface area contributed by atoms with Gasteiger partial charge in [-0.15, -0.1) is 0 Å². The fraction of sp³-hybridized carbons (Fsp3) is 0.360. The van der Waals surface area contributed by atoms with Gasteiger partial charge in [0.05, 0.1) is 23.6 Å². The molecule has 2 aromatic carbocycles. The smallest absolute Gasteiger partial charge is 0.246 e. The molecule has 8 nitrogen and oxygen atoms in total. The van der Waals surface area contributed by atoms with E-state index in [0.717, 1.165) is 22.3 Å². The van der Waals surface area contributed by atoms with Crippen molar-refractivity contribution in [3.63, 3.8) is 0 Å². The van der Waals surface area contributed by atoms with E-state index < -0.39 is 10.0 Å². The van der Waals surface area contributed by atoms with Crippen LogP contribution in [-0.2, 0) is 16.6 Å². The number of nitrogens with zero attached hydrogens (tertiary/aromatic N) is 6. The number of rotatable bonds is 6. The molecule has 184 valence electrons. The van der Waals surface area contributed by atoms with Crippen LogP contribution in [0.3, 0.4) is 0 Å². The van der Waals surface area contributed by atoms with Crippen LogP contribution in [-0.4, -0.2) is 58.0 Å². The van der Waals surface area contributed by atoms with Crippen molar-refractivity contribution in [3.8, 4) is 5.69 Å². The Kier molecular flexibility index (Phi) is 6.10. The quantitative estimate of drug-likeness (QED) is 0.405. The lowest BCUT2D eigenvalue weighted by Gasteiger charge is -2.39. The molecule has 0 spiro atoms. The highest BCUT2D eigenvalue weighted by Crippen LogP contribution is 2.28. The number of piperazine rings is 1. The van der Waals surface area contributed by atoms with Crippen molar-refractivity contribution >= 4 is 26.6 Å². The minimum Gasteiger partial charge on any atom is -0.369 e. The molecule has 0 saturated carbocycles. The molecule has 0 amide bonds. The summed E-state index contributed by atoms with van der Waals surface area (Å²) in [7, 11) is -3.61. The molecule has 1 aliphatic rings. The van der Waals surface area contributed by atoms with Gasteiger partial charge in [0.25, 0.3) is 0 Å². The van der Waals surface area contributed by atoms with Gasteiger partial charge in [0.1, 0.15) is 10.7 Å². The summed E-state index contributed by atoms with van der Waals surface area (Å²) in [6.45, 7) is 8.32. The average molecular weight is 497 g/mol. The van der Waals surface area contributed by atoms with Crippen molar-refractivity contribution in [2.24, 2.45) is 5.92 Å². The Balaban J connectivity index is 1.33. The summed E-state index contributed by atoms with van der Waals surface area (Å²) >= 11 is 0. The first-order valence-electron chi connectivity index (χ1n) is 11.8. The van der Waals surface area contributed by atoms with E-state index in [0.29, 0.717) is 32.1 Å². The zero-order valence-corrected chi connectivity index (χ0v) is 20.9. The second-order valence-electron chi connectivity index (χ2n) is 9.48. The largest absolute Gasteiger partial charge is 0.369 e. The molecule has 5 rings (SSSR count). The van der Waals surface area contributed by atoms with Gasteiger partial charge in [-0.25, -0.2) is 17.5 Å². The molecule has 0 N–H and O–H groups in total. The summed E-state index contributed by atoms with van der Waals surface area (Å²) in [6.07, 6.45) is 4.87. The molecular weight excluding hydrogens is 467 g/mol. The average Bonchev–Trinajstić information content (AvgIpc) is 3.46. The molecule has 0 aliphatic carbocycles. The number of sulfonamides is 1. The minimum atomic E-state index is -3.61. The van der Waals surface area contributed by atoms with Crippen LogP contribution >= 0.6 is 0 Å². The van der Waals surface area contributed by atoms with E-state index in [-0.39, 0.29) is 16.8 Å². The Labute approximate surface area is 204 Å². The monoisotopic (exact) mass is 496 g/mol. The maximum Gasteiger partial charge on any atom is 0.246 e. The van der Waals surface area contributed by atoms with Gasteiger partial charge in [-0.2, -0.15) is 14.5 Å². The molecule has 1 atom stereocenters. The zero-order valence-electron chi connectivity index (χ0n) is 20.0. The van der Waals surface area contributed by atoms with Crippen LogP contribution in [0.1, 0.15) is 20.8 Å². The van der Waals surface area contributed by atoms with Crippen LogP contribution in [0.5, 0.6) is 0 Å². The molecule has 1 aliphatic heterocycles. The fourth-order valence-corrected chi connectivity index (χ4v) is 6.19. The Morgan fingerprint density at radius 1 is 1.03 bits per heavy atom. The van der Waals surface area contributed by atoms with Crippen molar-refractivity contribution < 1.29 is 12.8 Å². The first-order chi connectivity index (χ1) is 16.7. The van der Waals surface area contributed by atoms with Crippen LogP contribution in [0, 0.1) is 11.7 Å². The molecule has 3 heterocycles. The van der Waals surface area contributed by atoms with Crippen molar-refractivity contribution in [3.05, 3.63) is 66.9 Å². The van der Waals surface area contributed by atoms with E-state index in [4.69, 9.17) is 0 Å². The van der Waals surface area contributed by atoms with Gasteiger partial charge in [0.15, 0.2) is 0 Å². The van der Waals surface area contributed by atoms with Crippen molar-refractivity contribution in [1.29, 1.82) is 0 Å². The van der Waals surface area contributed by atoms with E-state index in [1.807, 2.05) is 19.1 Å². The minimum absolute atomic E-state index is 0.195. The fourth-order valence-electron chi connectivity index (χ4n) is 4.62. The van der Waals surface area contributed by atoms with Crippen molar-refractivity contribution in [1.82, 2.24) is 23.9 Å². The third-order valence-corrected chi connectivity index (χ3v) is 8.29. The zero-order chi connectivity index (χ0) is 24.7. The molecule has 0 radical (unpaired) electrons. The number of hydrogen-bond donors (Lipinski definition) is 0. The van der Waals surface area contributed by atoms with Crippen LogP contribution in [0.15, 0.2) is 66.0 Å². The van der Waals surface area contributed by atoms with Crippen LogP contribution < -0.4 is 4.90 Å². The number of halogens is 1. The van der Waals surface area contributed by atoms with Gasteiger partial charge in [0, 0.05) is 49.5 Å². The molecule has 10 heteroatoms. The topological polar surface area (TPSA) is 76.3 Å². The summed E-state index contributed by atoms with van der Waals surface area (Å²) < 4.78 is 44.9. The van der Waals surface area contributed by atoms with E-state index in [1.54, 1.807) is 38.2 Å². The summed E-state index contributed by atoms with van der Waals surface area (Å²) in [4.78, 5) is 2.45. The van der Waals surface area contributed by atoms with Crippen LogP contribution in [0.2, 0.25) is 0 Å². The summed E-state index contributed by atoms with van der Waals surface area (Å²) in [6, 6.07) is 12.1. The molecule has 35 heavy (non-hydrogen) atoms. The van der Waals surface area contributed by atoms with E-state index in [2.05, 4.69) is 35.0 Å². The van der Waals surface area contributed by atoms with Gasteiger partial charge in [-0.1, -0.05) is 13.8 Å². The van der Waals surface area contributed by atoms with Gasteiger partial charge in [0.2, 0.25) is 10.0 Å². The van der Waals surface area contributed by atoms with Gasteiger partial charge >= 0.3 is 0 Å². The first-order valence-corrected chi connectivity index (χ1v) is 13.2. The van der Waals surface area contributed by atoms with Crippen molar-refractivity contribution in [2.45, 2.75) is 38.3 Å². The lowest BCUT2D eigenvalue weighted by molar-refractivity contribution is 0.306. The number of benzene rings is 2. The van der Waals surface area contributed by atoms with Crippen LogP contribution in [0.4, 0.5) is 10.1 Å². The molecule has 1 saturated heterocycles. The van der Waals surface area contributed by atoms with Gasteiger partial charge < -0.3 is 4.90 Å². The van der Waals surface area contributed by atoms with Crippen LogP contribution in [0.25, 0.3) is 16.6 Å². The predicted octanol–water partition coefficient (Wildman–Crippen LogP) is 3.92. The third kappa shape index (κ3) is 4.55. The molecule has 4 aromatic rings. The standard InChI is InChI=1S/C25H29FN6O2S/c1-18(2)15-30-17-24(14-27-30)35(33,34)31-11-10-29(16-19(31)3)23-8-9-25-20(12-23)13-28-32(25)22-6-4-21(26)5-7-22/h4-9,12-14,17-19H,10-11,15-16H2,1-3H3. The van der Waals surface area contributed by atoms with Gasteiger partial charge in [-0.3, -0.25) is 4.68 Å². The predicted molar refractivity (Wildman–Crippen MR) is 134 cm³/mol. The highest BCUT2D eigenvalue weighted by molar-refractivity contribution is 7.89. The number of aromatic nitrogens is 4. The lowest BCUT2D eigenvalue weighted by atomic mass is 10.1. The maximum atomic E-state index is 13.3.